The van der Waals surface area contributed by atoms with E-state index >= 15 is 0 Å². The minimum atomic E-state index is -0.456. The van der Waals surface area contributed by atoms with Gasteiger partial charge < -0.3 is 19.4 Å². The Morgan fingerprint density at radius 1 is 1.16 bits per heavy atom. The molecule has 5 atom stereocenters. The molecule has 1 aliphatic heterocycles. The molecule has 0 unspecified atom stereocenters. The SMILES string of the molecule is CC1(C)[C@@H]2C[C@H]3OB([C@H](Cc4ccccc4)NC(=O)OCC4CCCCC4)O[C@@]3(C)[C@H]1C2. The highest BCUT2D eigenvalue weighted by molar-refractivity contribution is 6.47. The quantitative estimate of drug-likeness (QED) is 0.622. The number of ether oxygens (including phenoxy) is 1. The van der Waals surface area contributed by atoms with Crippen LogP contribution in [-0.4, -0.2) is 37.5 Å². The molecular weight excluding hydrogens is 401 g/mol. The molecule has 4 saturated carbocycles. The maximum Gasteiger partial charge on any atom is 0.482 e. The molecule has 6 rings (SSSR count). The molecular formula is C26H38BNO4. The van der Waals surface area contributed by atoms with Crippen molar-refractivity contribution in [3.05, 3.63) is 35.9 Å². The lowest BCUT2D eigenvalue weighted by atomic mass is 9.43. The van der Waals surface area contributed by atoms with Crippen LogP contribution in [0.5, 0.6) is 0 Å². The molecule has 1 heterocycles. The summed E-state index contributed by atoms with van der Waals surface area (Å²) < 4.78 is 18.8. The predicted molar refractivity (Wildman–Crippen MR) is 125 cm³/mol. The summed E-state index contributed by atoms with van der Waals surface area (Å²) in [5.41, 5.74) is 1.16. The van der Waals surface area contributed by atoms with E-state index in [9.17, 15) is 4.79 Å². The second-order valence-electron chi connectivity index (χ2n) is 11.4. The fourth-order valence-electron chi connectivity index (χ4n) is 6.89. The van der Waals surface area contributed by atoms with Crippen molar-refractivity contribution < 1.29 is 18.8 Å². The van der Waals surface area contributed by atoms with E-state index in [1.54, 1.807) is 0 Å². The van der Waals surface area contributed by atoms with Crippen LogP contribution in [0.3, 0.4) is 0 Å². The summed E-state index contributed by atoms with van der Waals surface area (Å²) in [4.78, 5) is 12.8. The number of carbonyl (C=O) groups is 1. The molecule has 1 N–H and O–H groups in total. The average Bonchev–Trinajstić information content (AvgIpc) is 3.16. The van der Waals surface area contributed by atoms with Gasteiger partial charge in [-0.05, 0) is 67.8 Å². The van der Waals surface area contributed by atoms with Gasteiger partial charge in [-0.15, -0.1) is 0 Å². The predicted octanol–water partition coefficient (Wildman–Crippen LogP) is 5.17. The van der Waals surface area contributed by atoms with E-state index < -0.39 is 7.12 Å². The highest BCUT2D eigenvalue weighted by Crippen LogP contribution is 2.65. The first kappa shape index (κ1) is 22.3. The minimum Gasteiger partial charge on any atom is -0.449 e. The van der Waals surface area contributed by atoms with E-state index in [-0.39, 0.29) is 23.7 Å². The molecule has 5 aliphatic rings. The molecule has 0 spiro atoms. The normalized spacial score (nSPS) is 34.3. The van der Waals surface area contributed by atoms with Gasteiger partial charge in [0.05, 0.1) is 24.3 Å². The summed E-state index contributed by atoms with van der Waals surface area (Å²) in [6, 6.07) is 10.3. The number of rotatable bonds is 6. The monoisotopic (exact) mass is 439 g/mol. The van der Waals surface area contributed by atoms with Gasteiger partial charge in [0.1, 0.15) is 0 Å². The van der Waals surface area contributed by atoms with Gasteiger partial charge in [0.25, 0.3) is 0 Å². The number of benzene rings is 1. The molecule has 32 heavy (non-hydrogen) atoms. The van der Waals surface area contributed by atoms with Gasteiger partial charge in [0.15, 0.2) is 0 Å². The number of hydrogen-bond donors (Lipinski definition) is 1. The Kier molecular flexibility index (Phi) is 6.04. The molecule has 5 fully saturated rings. The molecule has 0 radical (unpaired) electrons. The van der Waals surface area contributed by atoms with Gasteiger partial charge >= 0.3 is 13.2 Å². The number of alkyl carbamates (subject to hydrolysis) is 1. The van der Waals surface area contributed by atoms with Crippen molar-refractivity contribution in [3.8, 4) is 0 Å². The highest BCUT2D eigenvalue weighted by Gasteiger charge is 2.68. The molecule has 1 amide bonds. The Labute approximate surface area is 193 Å². The molecule has 6 heteroatoms. The molecule has 174 valence electrons. The van der Waals surface area contributed by atoms with Crippen molar-refractivity contribution in [2.24, 2.45) is 23.2 Å². The first-order valence-electron chi connectivity index (χ1n) is 12.7. The summed E-state index contributed by atoms with van der Waals surface area (Å²) in [7, 11) is -0.456. The zero-order chi connectivity index (χ0) is 22.3. The van der Waals surface area contributed by atoms with Crippen LogP contribution in [0.2, 0.25) is 0 Å². The lowest BCUT2D eigenvalue weighted by molar-refractivity contribution is -0.199. The summed E-state index contributed by atoms with van der Waals surface area (Å²) in [5.74, 6) is 1.42. The Bertz CT molecular complexity index is 811. The van der Waals surface area contributed by atoms with Crippen LogP contribution in [0.25, 0.3) is 0 Å². The smallest absolute Gasteiger partial charge is 0.449 e. The molecule has 0 aromatic heterocycles. The fraction of sp³-hybridized carbons (Fsp3) is 0.731. The third-order valence-corrected chi connectivity index (χ3v) is 9.07. The van der Waals surface area contributed by atoms with E-state index in [1.807, 2.05) is 18.2 Å². The van der Waals surface area contributed by atoms with Crippen LogP contribution in [0.1, 0.15) is 71.3 Å². The Hall–Kier alpha value is -1.53. The number of nitrogens with one attached hydrogen (secondary N) is 1. The van der Waals surface area contributed by atoms with Crippen LogP contribution >= 0.6 is 0 Å². The molecule has 4 aliphatic carbocycles. The topological polar surface area (TPSA) is 56.8 Å². The lowest BCUT2D eigenvalue weighted by Crippen LogP contribution is -2.65. The van der Waals surface area contributed by atoms with Gasteiger partial charge in [-0.3, -0.25) is 0 Å². The highest BCUT2D eigenvalue weighted by atomic mass is 16.7. The first-order chi connectivity index (χ1) is 15.4. The van der Waals surface area contributed by atoms with Crippen LogP contribution in [0.4, 0.5) is 4.79 Å². The van der Waals surface area contributed by atoms with Crippen LogP contribution in [-0.2, 0) is 20.5 Å². The van der Waals surface area contributed by atoms with Crippen molar-refractivity contribution in [2.45, 2.75) is 89.8 Å². The number of carbonyl (C=O) groups excluding carboxylic acids is 1. The van der Waals surface area contributed by atoms with Gasteiger partial charge in [-0.25, -0.2) is 4.79 Å². The molecule has 1 aromatic rings. The lowest BCUT2D eigenvalue weighted by Gasteiger charge is -2.64. The van der Waals surface area contributed by atoms with Crippen molar-refractivity contribution in [1.29, 1.82) is 0 Å². The zero-order valence-electron chi connectivity index (χ0n) is 19.8. The van der Waals surface area contributed by atoms with Gasteiger partial charge in [-0.1, -0.05) is 63.4 Å². The van der Waals surface area contributed by atoms with Crippen LogP contribution in [0, 0.1) is 23.2 Å². The number of amides is 1. The summed E-state index contributed by atoms with van der Waals surface area (Å²) >= 11 is 0. The van der Waals surface area contributed by atoms with E-state index in [0.29, 0.717) is 36.2 Å². The fourth-order valence-corrected chi connectivity index (χ4v) is 6.89. The Balaban J connectivity index is 1.27. The molecule has 1 saturated heterocycles. The maximum atomic E-state index is 12.8. The van der Waals surface area contributed by atoms with Crippen LogP contribution in [0.15, 0.2) is 30.3 Å². The van der Waals surface area contributed by atoms with Gasteiger partial charge in [0, 0.05) is 0 Å². The second-order valence-corrected chi connectivity index (χ2v) is 11.4. The van der Waals surface area contributed by atoms with Gasteiger partial charge in [0.2, 0.25) is 0 Å². The second kappa shape index (κ2) is 8.68. The van der Waals surface area contributed by atoms with Crippen molar-refractivity contribution in [1.82, 2.24) is 5.32 Å². The van der Waals surface area contributed by atoms with E-state index in [1.165, 1.54) is 25.7 Å². The maximum absolute atomic E-state index is 12.8. The Morgan fingerprint density at radius 3 is 2.62 bits per heavy atom. The van der Waals surface area contributed by atoms with E-state index in [0.717, 1.165) is 24.8 Å². The van der Waals surface area contributed by atoms with Crippen molar-refractivity contribution in [2.75, 3.05) is 6.61 Å². The minimum absolute atomic E-state index is 0.0996. The van der Waals surface area contributed by atoms with Crippen LogP contribution < -0.4 is 5.32 Å². The molecule has 2 bridgehead atoms. The third-order valence-electron chi connectivity index (χ3n) is 9.07. The summed E-state index contributed by atoms with van der Waals surface area (Å²) in [6.45, 7) is 7.47. The van der Waals surface area contributed by atoms with Crippen molar-refractivity contribution >= 4 is 13.2 Å². The van der Waals surface area contributed by atoms with Crippen molar-refractivity contribution in [3.63, 3.8) is 0 Å². The summed E-state index contributed by atoms with van der Waals surface area (Å²) in [6.07, 6.45) is 8.78. The standard InChI is InChI=1S/C26H38BNO4/c1-25(2)20-15-21(25)26(3)22(16-20)31-27(32-26)23(14-18-10-6-4-7-11-18)28-24(29)30-17-19-12-8-5-9-13-19/h4,6-7,10-11,19-23H,5,8-9,12-17H2,1-3H3,(H,28,29)/t20-,21-,22+,23-,26-/m0/s1. The number of hydrogen-bond acceptors (Lipinski definition) is 4. The Morgan fingerprint density at radius 2 is 1.91 bits per heavy atom. The molecule has 5 nitrogen and oxygen atoms in total. The summed E-state index contributed by atoms with van der Waals surface area (Å²) in [5, 5.41) is 3.11. The van der Waals surface area contributed by atoms with E-state index in [4.69, 9.17) is 14.0 Å². The average molecular weight is 439 g/mol. The molecule has 1 aromatic carbocycles. The third kappa shape index (κ3) is 4.09. The zero-order valence-corrected chi connectivity index (χ0v) is 19.8. The largest absolute Gasteiger partial charge is 0.482 e. The first-order valence-corrected chi connectivity index (χ1v) is 12.7. The van der Waals surface area contributed by atoms with E-state index in [2.05, 4.69) is 38.2 Å². The van der Waals surface area contributed by atoms with Gasteiger partial charge in [-0.2, -0.15) is 0 Å².